The van der Waals surface area contributed by atoms with E-state index < -0.39 is 0 Å². The lowest BCUT2D eigenvalue weighted by molar-refractivity contribution is -0.0853. The Morgan fingerprint density at radius 1 is 1.52 bits per heavy atom. The van der Waals surface area contributed by atoms with Crippen LogP contribution in [0.1, 0.15) is 37.8 Å². The number of hydrogen-bond acceptors (Lipinski definition) is 3. The van der Waals surface area contributed by atoms with Gasteiger partial charge in [-0.3, -0.25) is 0 Å². The molecule has 2 aliphatic heterocycles. The van der Waals surface area contributed by atoms with Crippen LogP contribution in [-0.2, 0) is 4.74 Å². The van der Waals surface area contributed by atoms with Gasteiger partial charge in [-0.1, -0.05) is 19.1 Å². The second kappa shape index (κ2) is 7.20. The van der Waals surface area contributed by atoms with Crippen molar-refractivity contribution in [3.63, 3.8) is 0 Å². The number of rotatable bonds is 4. The van der Waals surface area contributed by atoms with E-state index in [4.69, 9.17) is 4.74 Å². The summed E-state index contributed by atoms with van der Waals surface area (Å²) in [5.74, 6) is 3.15. The van der Waals surface area contributed by atoms with E-state index in [0.29, 0.717) is 12.0 Å². The summed E-state index contributed by atoms with van der Waals surface area (Å²) in [4.78, 5) is 0. The normalized spacial score (nSPS) is 30.7. The molecule has 2 saturated heterocycles. The highest BCUT2D eigenvalue weighted by Crippen LogP contribution is 2.44. The number of nitrogens with one attached hydrogen (secondary N) is 1. The van der Waals surface area contributed by atoms with Crippen LogP contribution in [0.25, 0.3) is 0 Å². The quantitative estimate of drug-likeness (QED) is 0.741. The van der Waals surface area contributed by atoms with Gasteiger partial charge in [-0.2, -0.15) is 11.8 Å². The van der Waals surface area contributed by atoms with Gasteiger partial charge >= 0.3 is 0 Å². The van der Waals surface area contributed by atoms with Crippen molar-refractivity contribution in [1.82, 2.24) is 5.32 Å². The Kier molecular flexibility index (Phi) is 5.51. The summed E-state index contributed by atoms with van der Waals surface area (Å²) in [6, 6.07) is 9.44. The third kappa shape index (κ3) is 3.77. The Labute approximate surface area is 145 Å². The second-order valence-electron chi connectivity index (χ2n) is 6.18. The molecule has 0 radical (unpaired) electrons. The van der Waals surface area contributed by atoms with Gasteiger partial charge in [0, 0.05) is 22.0 Å². The molecular weight excluding hydrogens is 393 g/mol. The van der Waals surface area contributed by atoms with Gasteiger partial charge in [0.1, 0.15) is 0 Å². The average molecular weight is 417 g/mol. The maximum Gasteiger partial charge on any atom is 0.0783 e. The molecule has 3 atom stereocenters. The van der Waals surface area contributed by atoms with Crippen LogP contribution < -0.4 is 5.32 Å². The van der Waals surface area contributed by atoms with Crippen LogP contribution in [0.3, 0.4) is 0 Å². The first kappa shape index (κ1) is 16.1. The number of halogens is 1. The first-order valence-electron chi connectivity index (χ1n) is 7.93. The molecule has 1 aromatic rings. The fraction of sp³-hybridized carbons (Fsp3) is 0.647. The number of hydrogen-bond donors (Lipinski definition) is 1. The molecule has 116 valence electrons. The van der Waals surface area contributed by atoms with Gasteiger partial charge in [-0.15, -0.1) is 0 Å². The van der Waals surface area contributed by atoms with Crippen molar-refractivity contribution in [3.8, 4) is 0 Å². The summed E-state index contributed by atoms with van der Waals surface area (Å²) in [6.07, 6.45) is 3.62. The van der Waals surface area contributed by atoms with E-state index in [9.17, 15) is 0 Å². The fourth-order valence-electron chi connectivity index (χ4n) is 3.69. The van der Waals surface area contributed by atoms with Gasteiger partial charge in [0.05, 0.1) is 5.60 Å². The first-order valence-corrected chi connectivity index (χ1v) is 10.2. The van der Waals surface area contributed by atoms with E-state index in [-0.39, 0.29) is 5.60 Å². The van der Waals surface area contributed by atoms with Crippen LogP contribution in [0.4, 0.5) is 0 Å². The largest absolute Gasteiger partial charge is 0.374 e. The Morgan fingerprint density at radius 3 is 3.14 bits per heavy atom. The topological polar surface area (TPSA) is 21.3 Å². The molecule has 0 aromatic heterocycles. The summed E-state index contributed by atoms with van der Waals surface area (Å²) in [5.41, 5.74) is 1.61. The Bertz CT molecular complexity index is 476. The summed E-state index contributed by atoms with van der Waals surface area (Å²) in [6.45, 7) is 4.16. The molecule has 2 aliphatic rings. The van der Waals surface area contributed by atoms with Crippen molar-refractivity contribution < 1.29 is 4.74 Å². The van der Waals surface area contributed by atoms with Crippen molar-refractivity contribution in [2.75, 3.05) is 24.7 Å². The third-order valence-electron chi connectivity index (χ3n) is 4.70. The van der Waals surface area contributed by atoms with Crippen LogP contribution in [0.2, 0.25) is 0 Å². The maximum atomic E-state index is 6.19. The minimum absolute atomic E-state index is 0.170. The molecule has 1 aromatic carbocycles. The molecule has 2 nitrogen and oxygen atoms in total. The molecule has 3 rings (SSSR count). The third-order valence-corrected chi connectivity index (χ3v) is 6.60. The zero-order valence-corrected chi connectivity index (χ0v) is 15.6. The van der Waals surface area contributed by atoms with Crippen molar-refractivity contribution in [2.24, 2.45) is 5.92 Å². The highest BCUT2D eigenvalue weighted by molar-refractivity contribution is 14.1. The standard InChI is InChI=1S/C17H24INOS/c1-2-19-16(13-4-3-5-15(18)10-13)14-6-8-20-17(11-14)7-9-21-12-17/h3-5,10,14,16,19H,2,6-9,11-12H2,1H3. The second-order valence-corrected chi connectivity index (χ2v) is 8.53. The summed E-state index contributed by atoms with van der Waals surface area (Å²) in [5, 5.41) is 3.74. The molecule has 2 fully saturated rings. The van der Waals surface area contributed by atoms with Gasteiger partial charge in [0.2, 0.25) is 0 Å². The summed E-state index contributed by atoms with van der Waals surface area (Å²) >= 11 is 4.47. The van der Waals surface area contributed by atoms with E-state index in [2.05, 4.69) is 70.9 Å². The zero-order chi connectivity index (χ0) is 14.7. The first-order chi connectivity index (χ1) is 10.2. The van der Waals surface area contributed by atoms with Crippen molar-refractivity contribution in [2.45, 2.75) is 37.8 Å². The lowest BCUT2D eigenvalue weighted by Crippen LogP contribution is -2.43. The fourth-order valence-corrected chi connectivity index (χ4v) is 5.64. The van der Waals surface area contributed by atoms with Crippen LogP contribution in [0.15, 0.2) is 24.3 Å². The molecule has 1 spiro atoms. The zero-order valence-electron chi connectivity index (χ0n) is 12.6. The van der Waals surface area contributed by atoms with Gasteiger partial charge in [-0.05, 0) is 77.8 Å². The molecule has 0 saturated carbocycles. The molecule has 21 heavy (non-hydrogen) atoms. The smallest absolute Gasteiger partial charge is 0.0783 e. The molecular formula is C17H24INOS. The number of benzene rings is 1. The van der Waals surface area contributed by atoms with E-state index in [1.807, 2.05) is 0 Å². The number of thioether (sulfide) groups is 1. The molecule has 0 aliphatic carbocycles. The van der Waals surface area contributed by atoms with E-state index in [0.717, 1.165) is 13.2 Å². The van der Waals surface area contributed by atoms with Gasteiger partial charge in [-0.25, -0.2) is 0 Å². The maximum absolute atomic E-state index is 6.19. The van der Waals surface area contributed by atoms with Crippen molar-refractivity contribution in [1.29, 1.82) is 0 Å². The number of ether oxygens (including phenoxy) is 1. The van der Waals surface area contributed by atoms with E-state index >= 15 is 0 Å². The van der Waals surface area contributed by atoms with Crippen molar-refractivity contribution >= 4 is 34.4 Å². The minimum atomic E-state index is 0.170. The van der Waals surface area contributed by atoms with Gasteiger partial charge in [0.15, 0.2) is 0 Å². The van der Waals surface area contributed by atoms with Crippen LogP contribution in [0.5, 0.6) is 0 Å². The molecule has 1 N–H and O–H groups in total. The lowest BCUT2D eigenvalue weighted by atomic mass is 9.79. The highest BCUT2D eigenvalue weighted by Gasteiger charge is 2.42. The minimum Gasteiger partial charge on any atom is -0.374 e. The van der Waals surface area contributed by atoms with Gasteiger partial charge in [0.25, 0.3) is 0 Å². The van der Waals surface area contributed by atoms with Gasteiger partial charge < -0.3 is 10.1 Å². The average Bonchev–Trinajstić information content (AvgIpc) is 2.92. The SMILES string of the molecule is CCNC(c1cccc(I)c1)C1CCOC2(CCSC2)C1. The Balaban J connectivity index is 1.80. The van der Waals surface area contributed by atoms with Crippen LogP contribution in [-0.4, -0.2) is 30.3 Å². The Morgan fingerprint density at radius 2 is 2.43 bits per heavy atom. The molecule has 4 heteroatoms. The predicted octanol–water partition coefficient (Wildman–Crippen LogP) is 4.24. The van der Waals surface area contributed by atoms with E-state index in [1.165, 1.54) is 39.9 Å². The van der Waals surface area contributed by atoms with Crippen molar-refractivity contribution in [3.05, 3.63) is 33.4 Å². The summed E-state index contributed by atoms with van der Waals surface area (Å²) < 4.78 is 7.52. The highest BCUT2D eigenvalue weighted by atomic mass is 127. The van der Waals surface area contributed by atoms with E-state index in [1.54, 1.807) is 0 Å². The predicted molar refractivity (Wildman–Crippen MR) is 98.9 cm³/mol. The summed E-state index contributed by atoms with van der Waals surface area (Å²) in [7, 11) is 0. The molecule has 0 amide bonds. The lowest BCUT2D eigenvalue weighted by Gasteiger charge is -2.41. The monoisotopic (exact) mass is 417 g/mol. The molecule has 2 heterocycles. The van der Waals surface area contributed by atoms with Crippen LogP contribution in [0, 0.1) is 9.49 Å². The molecule has 3 unspecified atom stereocenters. The Hall–Kier alpha value is 0.220. The molecule has 0 bridgehead atoms. The van der Waals surface area contributed by atoms with Crippen LogP contribution >= 0.6 is 34.4 Å².